The molecule has 2 rings (SSSR count). The molecule has 0 radical (unpaired) electrons. The summed E-state index contributed by atoms with van der Waals surface area (Å²) >= 11 is 6.06. The van der Waals surface area contributed by atoms with E-state index in [-0.39, 0.29) is 0 Å². The Morgan fingerprint density at radius 1 is 1.16 bits per heavy atom. The lowest BCUT2D eigenvalue weighted by molar-refractivity contribution is 0.322. The van der Waals surface area contributed by atoms with E-state index >= 15 is 0 Å². The average Bonchev–Trinajstić information content (AvgIpc) is 2.43. The maximum Gasteiger partial charge on any atom is 0.138 e. The van der Waals surface area contributed by atoms with E-state index in [1.54, 1.807) is 0 Å². The van der Waals surface area contributed by atoms with Crippen molar-refractivity contribution in [3.8, 4) is 11.8 Å². The molecule has 0 fully saturated rings. The van der Waals surface area contributed by atoms with Crippen LogP contribution in [0.1, 0.15) is 16.7 Å². The number of rotatable bonds is 4. The smallest absolute Gasteiger partial charge is 0.138 e. The highest BCUT2D eigenvalue weighted by molar-refractivity contribution is 6.32. The minimum atomic E-state index is 0.565. The first-order chi connectivity index (χ1) is 9.19. The summed E-state index contributed by atoms with van der Waals surface area (Å²) in [6.07, 6.45) is 0.788. The maximum absolute atomic E-state index is 8.72. The first kappa shape index (κ1) is 13.5. The number of benzene rings is 2. The van der Waals surface area contributed by atoms with Crippen molar-refractivity contribution in [2.75, 3.05) is 6.61 Å². The van der Waals surface area contributed by atoms with Crippen LogP contribution in [0.4, 0.5) is 0 Å². The van der Waals surface area contributed by atoms with Crippen molar-refractivity contribution in [1.82, 2.24) is 0 Å². The summed E-state index contributed by atoms with van der Waals surface area (Å²) in [7, 11) is 0. The van der Waals surface area contributed by atoms with Crippen molar-refractivity contribution in [2.45, 2.75) is 13.3 Å². The van der Waals surface area contributed by atoms with Crippen LogP contribution in [0.2, 0.25) is 5.02 Å². The molecule has 3 heteroatoms. The van der Waals surface area contributed by atoms with Gasteiger partial charge in [-0.05, 0) is 42.3 Å². The molecule has 0 spiro atoms. The fraction of sp³-hybridized carbons (Fsp3) is 0.188. The lowest BCUT2D eigenvalue weighted by Gasteiger charge is -2.09. The average molecular weight is 272 g/mol. The molecule has 19 heavy (non-hydrogen) atoms. The van der Waals surface area contributed by atoms with Gasteiger partial charge in [0.05, 0.1) is 23.3 Å². The molecule has 0 amide bonds. The van der Waals surface area contributed by atoms with Crippen molar-refractivity contribution in [1.29, 1.82) is 5.26 Å². The zero-order valence-corrected chi connectivity index (χ0v) is 11.4. The Hall–Kier alpha value is -1.98. The molecule has 96 valence electrons. The van der Waals surface area contributed by atoms with E-state index in [2.05, 4.69) is 6.07 Å². The summed E-state index contributed by atoms with van der Waals surface area (Å²) in [4.78, 5) is 0. The molecule has 0 unspecified atom stereocenters. The fourth-order valence-electron chi connectivity index (χ4n) is 1.75. The van der Waals surface area contributed by atoms with E-state index in [0.29, 0.717) is 17.2 Å². The van der Waals surface area contributed by atoms with Crippen LogP contribution in [0.15, 0.2) is 42.5 Å². The zero-order valence-electron chi connectivity index (χ0n) is 10.7. The van der Waals surface area contributed by atoms with Crippen molar-refractivity contribution < 1.29 is 4.74 Å². The van der Waals surface area contributed by atoms with Gasteiger partial charge < -0.3 is 4.74 Å². The van der Waals surface area contributed by atoms with Gasteiger partial charge in [-0.1, -0.05) is 29.8 Å². The Balaban J connectivity index is 1.92. The summed E-state index contributed by atoms with van der Waals surface area (Å²) in [6, 6.07) is 15.3. The van der Waals surface area contributed by atoms with Gasteiger partial charge in [0.15, 0.2) is 0 Å². The van der Waals surface area contributed by atoms with Crippen molar-refractivity contribution in [3.63, 3.8) is 0 Å². The van der Waals surface area contributed by atoms with Gasteiger partial charge in [0.2, 0.25) is 0 Å². The van der Waals surface area contributed by atoms with Gasteiger partial charge in [-0.15, -0.1) is 0 Å². The summed E-state index contributed by atoms with van der Waals surface area (Å²) < 4.78 is 5.68. The molecular weight excluding hydrogens is 258 g/mol. The van der Waals surface area contributed by atoms with Gasteiger partial charge in [0.1, 0.15) is 5.75 Å². The van der Waals surface area contributed by atoms with Gasteiger partial charge in [0.25, 0.3) is 0 Å². The monoisotopic (exact) mass is 271 g/mol. The van der Waals surface area contributed by atoms with Crippen molar-refractivity contribution >= 4 is 11.6 Å². The van der Waals surface area contributed by atoms with E-state index in [1.165, 1.54) is 0 Å². The number of ether oxygens (including phenoxy) is 1. The second-order valence-corrected chi connectivity index (χ2v) is 4.75. The molecule has 2 aromatic carbocycles. The molecule has 0 saturated carbocycles. The zero-order chi connectivity index (χ0) is 13.7. The highest BCUT2D eigenvalue weighted by atomic mass is 35.5. The summed E-state index contributed by atoms with van der Waals surface area (Å²) in [5.74, 6) is 0.718. The molecule has 0 atom stereocenters. The first-order valence-electron chi connectivity index (χ1n) is 6.07. The number of nitriles is 1. The van der Waals surface area contributed by atoms with E-state index in [9.17, 15) is 0 Å². The van der Waals surface area contributed by atoms with Crippen LogP contribution in [0.25, 0.3) is 0 Å². The molecule has 0 aliphatic rings. The summed E-state index contributed by atoms with van der Waals surface area (Å²) in [5.41, 5.74) is 2.94. The van der Waals surface area contributed by atoms with Gasteiger partial charge >= 0.3 is 0 Å². The molecule has 2 nitrogen and oxygen atoms in total. The minimum absolute atomic E-state index is 0.565. The van der Waals surface area contributed by atoms with Crippen LogP contribution >= 0.6 is 11.6 Å². The quantitative estimate of drug-likeness (QED) is 0.837. The van der Waals surface area contributed by atoms with Crippen molar-refractivity contribution in [2.24, 2.45) is 0 Å². The van der Waals surface area contributed by atoms with E-state index in [1.807, 2.05) is 49.4 Å². The highest BCUT2D eigenvalue weighted by Gasteiger charge is 2.02. The Kier molecular flexibility index (Phi) is 4.43. The molecule has 0 N–H and O–H groups in total. The number of nitrogens with zero attached hydrogens (tertiary/aromatic N) is 1. The normalized spacial score (nSPS) is 9.95. The van der Waals surface area contributed by atoms with Crippen LogP contribution in [0.3, 0.4) is 0 Å². The molecule has 0 aromatic heterocycles. The predicted molar refractivity (Wildman–Crippen MR) is 76.5 cm³/mol. The van der Waals surface area contributed by atoms with Gasteiger partial charge in [0, 0.05) is 6.42 Å². The Bertz CT molecular complexity index is 599. The lowest BCUT2D eigenvalue weighted by atomic mass is 10.1. The van der Waals surface area contributed by atoms with Gasteiger partial charge in [-0.3, -0.25) is 0 Å². The molecule has 0 bridgehead atoms. The standard InChI is InChI=1S/C16H14ClNO/c1-12-2-7-15(17)16(10-12)19-9-8-13-3-5-14(11-18)6-4-13/h2-7,10H,8-9H2,1H3. The Morgan fingerprint density at radius 2 is 1.89 bits per heavy atom. The summed E-state index contributed by atoms with van der Waals surface area (Å²) in [6.45, 7) is 2.57. The molecule has 0 aliphatic carbocycles. The second kappa shape index (κ2) is 6.26. The maximum atomic E-state index is 8.72. The molecule has 0 aliphatic heterocycles. The topological polar surface area (TPSA) is 33.0 Å². The number of hydrogen-bond donors (Lipinski definition) is 0. The molecule has 2 aromatic rings. The number of hydrogen-bond acceptors (Lipinski definition) is 2. The molecule has 0 heterocycles. The van der Waals surface area contributed by atoms with Crippen LogP contribution in [0.5, 0.6) is 5.75 Å². The number of aryl methyl sites for hydroxylation is 1. The SMILES string of the molecule is Cc1ccc(Cl)c(OCCc2ccc(C#N)cc2)c1. The largest absolute Gasteiger partial charge is 0.492 e. The molecule has 0 saturated heterocycles. The number of halogens is 1. The third kappa shape index (κ3) is 3.74. The minimum Gasteiger partial charge on any atom is -0.492 e. The van der Waals surface area contributed by atoms with Gasteiger partial charge in [-0.25, -0.2) is 0 Å². The van der Waals surface area contributed by atoms with Crippen LogP contribution in [0, 0.1) is 18.3 Å². The van der Waals surface area contributed by atoms with Crippen LogP contribution in [-0.2, 0) is 6.42 Å². The van der Waals surface area contributed by atoms with E-state index in [4.69, 9.17) is 21.6 Å². The van der Waals surface area contributed by atoms with Crippen LogP contribution in [-0.4, -0.2) is 6.61 Å². The Labute approximate surface area is 118 Å². The third-order valence-electron chi connectivity index (χ3n) is 2.82. The van der Waals surface area contributed by atoms with E-state index in [0.717, 1.165) is 23.3 Å². The predicted octanol–water partition coefficient (Wildman–Crippen LogP) is 4.14. The van der Waals surface area contributed by atoms with Crippen LogP contribution < -0.4 is 4.74 Å². The van der Waals surface area contributed by atoms with E-state index < -0.39 is 0 Å². The molecular formula is C16H14ClNO. The Morgan fingerprint density at radius 3 is 2.58 bits per heavy atom. The highest BCUT2D eigenvalue weighted by Crippen LogP contribution is 2.25. The third-order valence-corrected chi connectivity index (χ3v) is 3.13. The first-order valence-corrected chi connectivity index (χ1v) is 6.45. The summed E-state index contributed by atoms with van der Waals surface area (Å²) in [5, 5.41) is 9.35. The second-order valence-electron chi connectivity index (χ2n) is 4.34. The van der Waals surface area contributed by atoms with Gasteiger partial charge in [-0.2, -0.15) is 5.26 Å². The van der Waals surface area contributed by atoms with Crippen molar-refractivity contribution in [3.05, 3.63) is 64.2 Å². The lowest BCUT2D eigenvalue weighted by Crippen LogP contribution is -2.02. The fourth-order valence-corrected chi connectivity index (χ4v) is 1.92.